The van der Waals surface area contributed by atoms with E-state index in [0.29, 0.717) is 30.1 Å². The summed E-state index contributed by atoms with van der Waals surface area (Å²) in [5.41, 5.74) is 3.29. The molecular weight excluding hydrogens is 365 g/mol. The molecule has 0 aliphatic carbocycles. The van der Waals surface area contributed by atoms with Gasteiger partial charge in [0.25, 0.3) is 5.91 Å². The maximum absolute atomic E-state index is 12.9. The lowest BCUT2D eigenvalue weighted by atomic mass is 10.1. The van der Waals surface area contributed by atoms with Gasteiger partial charge in [-0.25, -0.2) is 4.39 Å². The van der Waals surface area contributed by atoms with Crippen LogP contribution in [0.25, 0.3) is 0 Å². The van der Waals surface area contributed by atoms with E-state index in [1.807, 2.05) is 24.3 Å². The van der Waals surface area contributed by atoms with Crippen LogP contribution in [0.3, 0.4) is 0 Å². The molecule has 2 N–H and O–H groups in total. The van der Waals surface area contributed by atoms with Gasteiger partial charge in [0.15, 0.2) is 0 Å². The largest absolute Gasteiger partial charge is 0.380 e. The zero-order chi connectivity index (χ0) is 19.1. The number of pyridine rings is 1. The highest BCUT2D eigenvalue weighted by molar-refractivity contribution is 6.30. The highest BCUT2D eigenvalue weighted by atomic mass is 35.5. The monoisotopic (exact) mass is 383 g/mol. The molecule has 3 rings (SSSR count). The fraction of sp³-hybridized carbons (Fsp3) is 0.143. The molecule has 0 aliphatic rings. The molecule has 0 bridgehead atoms. The van der Waals surface area contributed by atoms with Crippen LogP contribution in [0.2, 0.25) is 5.02 Å². The van der Waals surface area contributed by atoms with Crippen molar-refractivity contribution < 1.29 is 9.18 Å². The first-order valence-corrected chi connectivity index (χ1v) is 8.94. The summed E-state index contributed by atoms with van der Waals surface area (Å²) in [5.74, 6) is -0.462. The number of hydrogen-bond acceptors (Lipinski definition) is 3. The molecule has 0 atom stereocenters. The maximum Gasteiger partial charge on any atom is 0.252 e. The number of anilines is 1. The summed E-state index contributed by atoms with van der Waals surface area (Å²) < 4.78 is 12.9. The quantitative estimate of drug-likeness (QED) is 0.633. The van der Waals surface area contributed by atoms with Crippen LogP contribution >= 0.6 is 11.6 Å². The highest BCUT2D eigenvalue weighted by Crippen LogP contribution is 2.13. The van der Waals surface area contributed by atoms with Crippen LogP contribution in [-0.4, -0.2) is 17.4 Å². The van der Waals surface area contributed by atoms with Gasteiger partial charge in [0.2, 0.25) is 0 Å². The lowest BCUT2D eigenvalue weighted by molar-refractivity contribution is 0.0954. The minimum Gasteiger partial charge on any atom is -0.380 e. The highest BCUT2D eigenvalue weighted by Gasteiger charge is 2.07. The summed E-state index contributed by atoms with van der Waals surface area (Å²) >= 11 is 5.88. The van der Waals surface area contributed by atoms with Crippen molar-refractivity contribution in [2.24, 2.45) is 0 Å². The fourth-order valence-corrected chi connectivity index (χ4v) is 2.67. The number of carbonyl (C=O) groups is 1. The molecule has 138 valence electrons. The number of halogens is 2. The fourth-order valence-electron chi connectivity index (χ4n) is 2.54. The number of aromatic nitrogens is 1. The van der Waals surface area contributed by atoms with Crippen molar-refractivity contribution in [2.45, 2.75) is 13.0 Å². The van der Waals surface area contributed by atoms with Gasteiger partial charge in [-0.1, -0.05) is 35.9 Å². The molecule has 0 spiro atoms. The third-order valence-corrected chi connectivity index (χ3v) is 4.27. The number of hydrogen-bond donors (Lipinski definition) is 2. The van der Waals surface area contributed by atoms with Gasteiger partial charge in [-0.15, -0.1) is 0 Å². The molecule has 2 aromatic carbocycles. The third-order valence-electron chi connectivity index (χ3n) is 4.02. The molecule has 0 saturated heterocycles. The van der Waals surface area contributed by atoms with E-state index in [2.05, 4.69) is 15.6 Å². The molecule has 0 aliphatic heterocycles. The van der Waals surface area contributed by atoms with Crippen molar-refractivity contribution in [3.8, 4) is 0 Å². The second kappa shape index (κ2) is 9.14. The second-order valence-corrected chi connectivity index (χ2v) is 6.51. The van der Waals surface area contributed by atoms with Gasteiger partial charge < -0.3 is 10.6 Å². The van der Waals surface area contributed by atoms with E-state index in [0.717, 1.165) is 16.8 Å². The van der Waals surface area contributed by atoms with Gasteiger partial charge in [0.1, 0.15) is 5.82 Å². The van der Waals surface area contributed by atoms with E-state index in [-0.39, 0.29) is 11.7 Å². The molecule has 0 saturated carbocycles. The normalized spacial score (nSPS) is 10.4. The van der Waals surface area contributed by atoms with Gasteiger partial charge in [0.05, 0.1) is 11.3 Å². The van der Waals surface area contributed by atoms with E-state index in [9.17, 15) is 9.18 Å². The Kier molecular flexibility index (Phi) is 6.39. The van der Waals surface area contributed by atoms with Crippen molar-refractivity contribution in [3.63, 3.8) is 0 Å². The molecule has 1 heterocycles. The molecular formula is C21H19ClFN3O. The Morgan fingerprint density at radius 2 is 1.70 bits per heavy atom. The van der Waals surface area contributed by atoms with E-state index in [1.54, 1.807) is 24.4 Å². The predicted molar refractivity (Wildman–Crippen MR) is 105 cm³/mol. The van der Waals surface area contributed by atoms with Crippen LogP contribution in [0, 0.1) is 5.82 Å². The van der Waals surface area contributed by atoms with Crippen LogP contribution < -0.4 is 10.6 Å². The lowest BCUT2D eigenvalue weighted by Crippen LogP contribution is -2.25. The first kappa shape index (κ1) is 18.9. The first-order valence-electron chi connectivity index (χ1n) is 8.56. The Hall–Kier alpha value is -2.92. The zero-order valence-electron chi connectivity index (χ0n) is 14.6. The Balaban J connectivity index is 1.51. The minimum absolute atomic E-state index is 0.195. The van der Waals surface area contributed by atoms with Gasteiger partial charge in [0, 0.05) is 30.5 Å². The molecule has 4 nitrogen and oxygen atoms in total. The molecule has 6 heteroatoms. The third kappa shape index (κ3) is 5.79. The smallest absolute Gasteiger partial charge is 0.252 e. The SMILES string of the molecule is O=C(NCCc1ccc(F)cc1)c1cncc(NCc2ccc(Cl)cc2)c1. The molecule has 3 aromatic rings. The Labute approximate surface area is 162 Å². The predicted octanol–water partition coefficient (Wildman–Crippen LogP) is 4.46. The van der Waals surface area contributed by atoms with E-state index >= 15 is 0 Å². The zero-order valence-corrected chi connectivity index (χ0v) is 15.3. The van der Waals surface area contributed by atoms with Gasteiger partial charge in [-0.05, 0) is 47.9 Å². The summed E-state index contributed by atoms with van der Waals surface area (Å²) in [6, 6.07) is 15.6. The van der Waals surface area contributed by atoms with Gasteiger partial charge in [-0.2, -0.15) is 0 Å². The van der Waals surface area contributed by atoms with E-state index in [1.165, 1.54) is 18.3 Å². The van der Waals surface area contributed by atoms with Crippen LogP contribution in [0.1, 0.15) is 21.5 Å². The molecule has 1 amide bonds. The number of rotatable bonds is 7. The maximum atomic E-state index is 12.9. The van der Waals surface area contributed by atoms with Crippen molar-refractivity contribution in [2.75, 3.05) is 11.9 Å². The summed E-state index contributed by atoms with van der Waals surface area (Å²) in [6.45, 7) is 1.07. The number of carbonyl (C=O) groups excluding carboxylic acids is 1. The lowest BCUT2D eigenvalue weighted by Gasteiger charge is -2.09. The van der Waals surface area contributed by atoms with Crippen LogP contribution in [-0.2, 0) is 13.0 Å². The van der Waals surface area contributed by atoms with E-state index < -0.39 is 0 Å². The first-order chi connectivity index (χ1) is 13.1. The van der Waals surface area contributed by atoms with Crippen molar-refractivity contribution in [1.29, 1.82) is 0 Å². The molecule has 27 heavy (non-hydrogen) atoms. The van der Waals surface area contributed by atoms with Gasteiger partial charge in [-0.3, -0.25) is 9.78 Å². The summed E-state index contributed by atoms with van der Waals surface area (Å²) in [5, 5.41) is 6.79. The van der Waals surface area contributed by atoms with E-state index in [4.69, 9.17) is 11.6 Å². The molecule has 0 radical (unpaired) electrons. The Morgan fingerprint density at radius 1 is 1.00 bits per heavy atom. The Morgan fingerprint density at radius 3 is 2.44 bits per heavy atom. The Bertz CT molecular complexity index is 898. The van der Waals surface area contributed by atoms with Crippen molar-refractivity contribution >= 4 is 23.2 Å². The number of amides is 1. The van der Waals surface area contributed by atoms with Crippen LogP contribution in [0.5, 0.6) is 0 Å². The summed E-state index contributed by atoms with van der Waals surface area (Å²) in [6.07, 6.45) is 3.83. The second-order valence-electron chi connectivity index (χ2n) is 6.07. The number of benzene rings is 2. The molecule has 0 unspecified atom stereocenters. The van der Waals surface area contributed by atoms with Crippen molar-refractivity contribution in [3.05, 3.63) is 94.5 Å². The average molecular weight is 384 g/mol. The molecule has 0 fully saturated rings. The number of nitrogens with one attached hydrogen (secondary N) is 2. The van der Waals surface area contributed by atoms with Crippen LogP contribution in [0.15, 0.2) is 67.0 Å². The number of nitrogens with zero attached hydrogens (tertiary/aromatic N) is 1. The van der Waals surface area contributed by atoms with Crippen molar-refractivity contribution in [1.82, 2.24) is 10.3 Å². The van der Waals surface area contributed by atoms with Crippen LogP contribution in [0.4, 0.5) is 10.1 Å². The topological polar surface area (TPSA) is 54.0 Å². The molecule has 1 aromatic heterocycles. The standard InChI is InChI=1S/C21H19ClFN3O/c22-18-5-1-16(2-6-18)12-26-20-11-17(13-24-14-20)21(27)25-10-9-15-3-7-19(23)8-4-15/h1-8,11,13-14,26H,9-10,12H2,(H,25,27). The summed E-state index contributed by atoms with van der Waals surface area (Å²) in [7, 11) is 0. The summed E-state index contributed by atoms with van der Waals surface area (Å²) in [4.78, 5) is 16.4. The van der Waals surface area contributed by atoms with Gasteiger partial charge >= 0.3 is 0 Å². The minimum atomic E-state index is -0.267. The average Bonchev–Trinajstić information content (AvgIpc) is 2.69.